The molecule has 2 aromatic carbocycles. The molecule has 0 atom stereocenters. The van der Waals surface area contributed by atoms with E-state index in [-0.39, 0.29) is 5.82 Å². The van der Waals surface area contributed by atoms with Gasteiger partial charge in [-0.2, -0.15) is 5.10 Å². The van der Waals surface area contributed by atoms with E-state index in [9.17, 15) is 4.39 Å². The predicted octanol–water partition coefficient (Wildman–Crippen LogP) is 4.74. The van der Waals surface area contributed by atoms with Crippen molar-refractivity contribution in [1.29, 1.82) is 0 Å². The second kappa shape index (κ2) is 7.77. The van der Waals surface area contributed by atoms with Crippen molar-refractivity contribution in [1.82, 2.24) is 0 Å². The maximum absolute atomic E-state index is 14.0. The van der Waals surface area contributed by atoms with Crippen LogP contribution in [0.3, 0.4) is 0 Å². The Hall–Kier alpha value is -2.62. The first-order valence-corrected chi connectivity index (χ1v) is 8.02. The molecule has 0 amide bonds. The number of anilines is 1. The number of nitrogens with two attached hydrogens (primary N) is 2. The van der Waals surface area contributed by atoms with Crippen molar-refractivity contribution in [2.45, 2.75) is 26.7 Å². The number of nitrogen functional groups attached to an aromatic ring is 1. The first-order chi connectivity index (χ1) is 11.5. The van der Waals surface area contributed by atoms with Crippen molar-refractivity contribution in [3.8, 4) is 11.1 Å². The number of nitrogens with zero attached hydrogens (tertiary/aromatic N) is 1. The normalized spacial score (nSPS) is 13.5. The van der Waals surface area contributed by atoms with Gasteiger partial charge in [0, 0.05) is 22.4 Å². The minimum Gasteiger partial charge on any atom is -0.398 e. The topological polar surface area (TPSA) is 64.4 Å². The molecule has 4 heteroatoms. The number of benzene rings is 2. The van der Waals surface area contributed by atoms with E-state index in [4.69, 9.17) is 11.6 Å². The van der Waals surface area contributed by atoms with Gasteiger partial charge in [-0.1, -0.05) is 44.6 Å². The van der Waals surface area contributed by atoms with Gasteiger partial charge in [0.05, 0.1) is 6.21 Å². The summed E-state index contributed by atoms with van der Waals surface area (Å²) in [4.78, 5) is 0. The van der Waals surface area contributed by atoms with Crippen molar-refractivity contribution in [3.05, 3.63) is 59.4 Å². The molecular formula is C20H24FN3. The molecule has 0 saturated heterocycles. The van der Waals surface area contributed by atoms with Crippen LogP contribution in [0.4, 0.5) is 10.1 Å². The Bertz CT molecular complexity index is 741. The van der Waals surface area contributed by atoms with Crippen LogP contribution >= 0.6 is 0 Å². The number of rotatable bonds is 3. The summed E-state index contributed by atoms with van der Waals surface area (Å²) in [6.45, 7) is 7.85. The molecule has 0 bridgehead atoms. The molecule has 3 nitrogen and oxygen atoms in total. The minimum absolute atomic E-state index is 0.286. The summed E-state index contributed by atoms with van der Waals surface area (Å²) in [7, 11) is 0. The lowest BCUT2D eigenvalue weighted by atomic mass is 9.95. The average Bonchev–Trinajstić information content (AvgIpc) is 3.30. The van der Waals surface area contributed by atoms with Gasteiger partial charge in [-0.25, -0.2) is 4.39 Å². The van der Waals surface area contributed by atoms with Crippen LogP contribution in [0.15, 0.2) is 42.0 Å². The van der Waals surface area contributed by atoms with Gasteiger partial charge in [0.1, 0.15) is 5.82 Å². The van der Waals surface area contributed by atoms with Crippen molar-refractivity contribution >= 4 is 18.0 Å². The van der Waals surface area contributed by atoms with Crippen molar-refractivity contribution in [3.63, 3.8) is 0 Å². The molecule has 1 saturated carbocycles. The van der Waals surface area contributed by atoms with E-state index in [1.807, 2.05) is 13.0 Å². The SMILES string of the molecule is C=Cc1c(N)cc(-c2c(C)cccc2F)cc1/C=N\N.CC1CC1. The molecule has 0 aromatic heterocycles. The molecule has 2 aromatic rings. The van der Waals surface area contributed by atoms with Crippen LogP contribution in [0.2, 0.25) is 0 Å². The lowest BCUT2D eigenvalue weighted by molar-refractivity contribution is 0.630. The Morgan fingerprint density at radius 2 is 1.96 bits per heavy atom. The van der Waals surface area contributed by atoms with Crippen molar-refractivity contribution in [2.24, 2.45) is 16.9 Å². The first-order valence-electron chi connectivity index (χ1n) is 8.02. The van der Waals surface area contributed by atoms with E-state index in [1.54, 1.807) is 24.3 Å². The zero-order valence-electron chi connectivity index (χ0n) is 14.2. The summed E-state index contributed by atoms with van der Waals surface area (Å²) in [6.07, 6.45) is 6.08. The van der Waals surface area contributed by atoms with Gasteiger partial charge in [-0.05, 0) is 42.2 Å². The summed E-state index contributed by atoms with van der Waals surface area (Å²) in [5.41, 5.74) is 10.0. The van der Waals surface area contributed by atoms with Crippen LogP contribution in [0, 0.1) is 18.7 Å². The van der Waals surface area contributed by atoms with E-state index < -0.39 is 0 Å². The summed E-state index contributed by atoms with van der Waals surface area (Å²) >= 11 is 0. The van der Waals surface area contributed by atoms with E-state index in [1.165, 1.54) is 25.1 Å². The minimum atomic E-state index is -0.286. The Balaban J connectivity index is 0.000000454. The highest BCUT2D eigenvalue weighted by Crippen LogP contribution is 2.31. The van der Waals surface area contributed by atoms with Crippen molar-refractivity contribution < 1.29 is 4.39 Å². The number of aryl methyl sites for hydroxylation is 1. The van der Waals surface area contributed by atoms with E-state index in [0.717, 1.165) is 17.0 Å². The second-order valence-corrected chi connectivity index (χ2v) is 6.16. The third-order valence-electron chi connectivity index (χ3n) is 4.04. The zero-order valence-corrected chi connectivity index (χ0v) is 14.2. The molecule has 1 fully saturated rings. The Kier molecular flexibility index (Phi) is 5.74. The van der Waals surface area contributed by atoms with Gasteiger partial charge in [-0.15, -0.1) is 0 Å². The summed E-state index contributed by atoms with van der Waals surface area (Å²) < 4.78 is 14.0. The van der Waals surface area contributed by atoms with Gasteiger partial charge < -0.3 is 11.6 Å². The summed E-state index contributed by atoms with van der Waals surface area (Å²) in [5.74, 6) is 6.00. The van der Waals surface area contributed by atoms with Crippen LogP contribution in [-0.2, 0) is 0 Å². The molecule has 3 rings (SSSR count). The molecular weight excluding hydrogens is 301 g/mol. The van der Waals surface area contributed by atoms with E-state index in [2.05, 4.69) is 18.6 Å². The van der Waals surface area contributed by atoms with Gasteiger partial charge in [0.15, 0.2) is 0 Å². The fraction of sp³-hybridized carbons (Fsp3) is 0.250. The zero-order chi connectivity index (χ0) is 17.7. The monoisotopic (exact) mass is 325 g/mol. The van der Waals surface area contributed by atoms with Crippen LogP contribution in [0.1, 0.15) is 36.5 Å². The Morgan fingerprint density at radius 1 is 1.29 bits per heavy atom. The summed E-state index contributed by atoms with van der Waals surface area (Å²) in [5, 5.41) is 3.51. The Labute approximate surface area is 142 Å². The molecule has 0 radical (unpaired) electrons. The fourth-order valence-corrected chi connectivity index (χ4v) is 2.43. The fourth-order valence-electron chi connectivity index (χ4n) is 2.43. The summed E-state index contributed by atoms with van der Waals surface area (Å²) in [6, 6.07) is 8.49. The number of halogens is 1. The standard InChI is InChI=1S/C16H16FN3.C4H8/c1-3-13-12(9-20-19)7-11(8-15(13)18)16-10(2)5-4-6-14(16)17;1-4-2-3-4/h3-9H,1,18-19H2,2H3;4H,2-3H2,1H3/b20-9-;. The Morgan fingerprint density at radius 3 is 2.46 bits per heavy atom. The maximum Gasteiger partial charge on any atom is 0.131 e. The van der Waals surface area contributed by atoms with Gasteiger partial charge in [0.25, 0.3) is 0 Å². The second-order valence-electron chi connectivity index (χ2n) is 6.16. The molecule has 24 heavy (non-hydrogen) atoms. The van der Waals surface area contributed by atoms with Crippen LogP contribution in [0.25, 0.3) is 17.2 Å². The molecule has 4 N–H and O–H groups in total. The van der Waals surface area contributed by atoms with Gasteiger partial charge >= 0.3 is 0 Å². The maximum atomic E-state index is 14.0. The van der Waals surface area contributed by atoms with Crippen LogP contribution in [-0.4, -0.2) is 6.21 Å². The third kappa shape index (κ3) is 4.22. The van der Waals surface area contributed by atoms with E-state index in [0.29, 0.717) is 22.4 Å². The largest absolute Gasteiger partial charge is 0.398 e. The average molecular weight is 325 g/mol. The van der Waals surface area contributed by atoms with Gasteiger partial charge in [0.2, 0.25) is 0 Å². The highest BCUT2D eigenvalue weighted by atomic mass is 19.1. The molecule has 0 spiro atoms. The molecule has 1 aliphatic carbocycles. The quantitative estimate of drug-likeness (QED) is 0.371. The van der Waals surface area contributed by atoms with Crippen LogP contribution < -0.4 is 11.6 Å². The van der Waals surface area contributed by atoms with Crippen molar-refractivity contribution in [2.75, 3.05) is 5.73 Å². The lowest BCUT2D eigenvalue weighted by Gasteiger charge is -2.12. The molecule has 0 unspecified atom stereocenters. The number of hydrazone groups is 1. The highest BCUT2D eigenvalue weighted by Gasteiger charge is 2.13. The molecule has 0 heterocycles. The lowest BCUT2D eigenvalue weighted by Crippen LogP contribution is -1.99. The van der Waals surface area contributed by atoms with Crippen LogP contribution in [0.5, 0.6) is 0 Å². The predicted molar refractivity (Wildman–Crippen MR) is 101 cm³/mol. The van der Waals surface area contributed by atoms with Gasteiger partial charge in [-0.3, -0.25) is 0 Å². The van der Waals surface area contributed by atoms with E-state index >= 15 is 0 Å². The highest BCUT2D eigenvalue weighted by molar-refractivity contribution is 5.92. The molecule has 126 valence electrons. The number of hydrogen-bond donors (Lipinski definition) is 2. The molecule has 0 aliphatic heterocycles. The molecule has 1 aliphatic rings. The third-order valence-corrected chi connectivity index (χ3v) is 4.04. The smallest absolute Gasteiger partial charge is 0.131 e. The number of hydrogen-bond acceptors (Lipinski definition) is 3. The first kappa shape index (κ1) is 17.7.